The van der Waals surface area contributed by atoms with Gasteiger partial charge < -0.3 is 15.8 Å². The van der Waals surface area contributed by atoms with E-state index < -0.39 is 0 Å². The van der Waals surface area contributed by atoms with Gasteiger partial charge in [-0.1, -0.05) is 13.0 Å². The predicted octanol–water partition coefficient (Wildman–Crippen LogP) is 4.04. The van der Waals surface area contributed by atoms with Gasteiger partial charge in [-0.25, -0.2) is 0 Å². The SMILES string of the molecule is CCCOc1cccc(NCc2cscc2C)c1N. The van der Waals surface area contributed by atoms with Gasteiger partial charge in [-0.3, -0.25) is 0 Å². The van der Waals surface area contributed by atoms with Gasteiger partial charge in [-0.05, 0) is 47.4 Å². The van der Waals surface area contributed by atoms with E-state index in [9.17, 15) is 0 Å². The second-order valence-corrected chi connectivity index (χ2v) is 5.24. The molecule has 0 spiro atoms. The third-order valence-corrected chi connectivity index (χ3v) is 3.87. The number of benzene rings is 1. The van der Waals surface area contributed by atoms with Gasteiger partial charge in [0, 0.05) is 6.54 Å². The number of hydrogen-bond donors (Lipinski definition) is 2. The summed E-state index contributed by atoms with van der Waals surface area (Å²) in [4.78, 5) is 0. The molecule has 3 nitrogen and oxygen atoms in total. The standard InChI is InChI=1S/C15H20N2OS/c1-3-7-18-14-6-4-5-13(15(14)16)17-8-12-10-19-9-11(12)2/h4-6,9-10,17H,3,7-8,16H2,1-2H3. The largest absolute Gasteiger partial charge is 0.491 e. The maximum Gasteiger partial charge on any atom is 0.144 e. The van der Waals surface area contributed by atoms with Gasteiger partial charge >= 0.3 is 0 Å². The van der Waals surface area contributed by atoms with Crippen LogP contribution in [0.25, 0.3) is 0 Å². The first-order valence-electron chi connectivity index (χ1n) is 6.49. The van der Waals surface area contributed by atoms with Crippen LogP contribution in [0.4, 0.5) is 11.4 Å². The summed E-state index contributed by atoms with van der Waals surface area (Å²) in [6, 6.07) is 5.85. The number of nitrogen functional groups attached to an aromatic ring is 1. The zero-order valence-electron chi connectivity index (χ0n) is 11.4. The fourth-order valence-corrected chi connectivity index (χ4v) is 2.65. The minimum absolute atomic E-state index is 0.684. The van der Waals surface area contributed by atoms with Crippen molar-refractivity contribution >= 4 is 22.7 Å². The molecule has 0 atom stereocenters. The molecule has 0 saturated heterocycles. The van der Waals surface area contributed by atoms with Crippen molar-refractivity contribution in [3.05, 3.63) is 40.1 Å². The molecule has 2 aromatic rings. The van der Waals surface area contributed by atoms with Gasteiger partial charge in [0.25, 0.3) is 0 Å². The zero-order valence-corrected chi connectivity index (χ0v) is 12.2. The van der Waals surface area contributed by atoms with Crippen LogP contribution in [-0.2, 0) is 6.54 Å². The molecule has 3 N–H and O–H groups in total. The molecule has 0 radical (unpaired) electrons. The van der Waals surface area contributed by atoms with Gasteiger partial charge in [0.1, 0.15) is 5.75 Å². The topological polar surface area (TPSA) is 47.3 Å². The van der Waals surface area contributed by atoms with E-state index in [4.69, 9.17) is 10.5 Å². The number of hydrogen-bond acceptors (Lipinski definition) is 4. The van der Waals surface area contributed by atoms with E-state index in [-0.39, 0.29) is 0 Å². The highest BCUT2D eigenvalue weighted by Gasteiger charge is 2.06. The lowest BCUT2D eigenvalue weighted by atomic mass is 10.2. The van der Waals surface area contributed by atoms with E-state index in [1.807, 2.05) is 18.2 Å². The second-order valence-electron chi connectivity index (χ2n) is 4.50. The number of ether oxygens (including phenoxy) is 1. The quantitative estimate of drug-likeness (QED) is 0.783. The van der Waals surface area contributed by atoms with Crippen LogP contribution >= 0.6 is 11.3 Å². The molecule has 0 bridgehead atoms. The first-order chi connectivity index (χ1) is 9.22. The van der Waals surface area contributed by atoms with Crippen LogP contribution in [0, 0.1) is 6.92 Å². The molecule has 1 heterocycles. The highest BCUT2D eigenvalue weighted by molar-refractivity contribution is 7.08. The number of nitrogens with two attached hydrogens (primary N) is 1. The molecule has 0 amide bonds. The van der Waals surface area contributed by atoms with Gasteiger partial charge in [0.05, 0.1) is 18.0 Å². The molecular formula is C15H20N2OS. The van der Waals surface area contributed by atoms with Gasteiger partial charge in [0.2, 0.25) is 0 Å². The normalized spacial score (nSPS) is 10.4. The maximum absolute atomic E-state index is 6.12. The Kier molecular flexibility index (Phi) is 4.68. The first-order valence-corrected chi connectivity index (χ1v) is 7.43. The molecule has 0 aliphatic carbocycles. The van der Waals surface area contributed by atoms with Crippen molar-refractivity contribution in [3.8, 4) is 5.75 Å². The average Bonchev–Trinajstić information content (AvgIpc) is 2.82. The van der Waals surface area contributed by atoms with Crippen molar-refractivity contribution in [1.82, 2.24) is 0 Å². The van der Waals surface area contributed by atoms with Gasteiger partial charge in [-0.15, -0.1) is 0 Å². The lowest BCUT2D eigenvalue weighted by Gasteiger charge is -2.13. The summed E-state index contributed by atoms with van der Waals surface area (Å²) in [6.07, 6.45) is 0.977. The van der Waals surface area contributed by atoms with Crippen molar-refractivity contribution in [2.24, 2.45) is 0 Å². The van der Waals surface area contributed by atoms with Crippen LogP contribution in [0.5, 0.6) is 5.75 Å². The van der Waals surface area contributed by atoms with Crippen LogP contribution in [0.2, 0.25) is 0 Å². The number of nitrogens with one attached hydrogen (secondary N) is 1. The van der Waals surface area contributed by atoms with Crippen LogP contribution in [0.1, 0.15) is 24.5 Å². The third kappa shape index (κ3) is 3.41. The van der Waals surface area contributed by atoms with E-state index in [0.717, 1.165) is 24.4 Å². The van der Waals surface area contributed by atoms with E-state index in [1.54, 1.807) is 11.3 Å². The first kappa shape index (κ1) is 13.7. The molecule has 0 saturated carbocycles. The fourth-order valence-electron chi connectivity index (χ4n) is 1.79. The summed E-state index contributed by atoms with van der Waals surface area (Å²) < 4.78 is 5.62. The molecule has 102 valence electrons. The number of aryl methyl sites for hydroxylation is 1. The van der Waals surface area contributed by atoms with E-state index in [1.165, 1.54) is 11.1 Å². The molecule has 1 aromatic heterocycles. The minimum atomic E-state index is 0.684. The van der Waals surface area contributed by atoms with Crippen LogP contribution < -0.4 is 15.8 Å². The lowest BCUT2D eigenvalue weighted by Crippen LogP contribution is -2.05. The summed E-state index contributed by atoms with van der Waals surface area (Å²) in [5, 5.41) is 7.69. The average molecular weight is 276 g/mol. The number of anilines is 2. The number of thiophene rings is 1. The Balaban J connectivity index is 2.06. The molecule has 2 rings (SSSR count). The van der Waals surface area contributed by atoms with E-state index in [2.05, 4.69) is 29.9 Å². The zero-order chi connectivity index (χ0) is 13.7. The molecule has 0 unspecified atom stereocenters. The highest BCUT2D eigenvalue weighted by atomic mass is 32.1. The Hall–Kier alpha value is -1.68. The summed E-state index contributed by atoms with van der Waals surface area (Å²) in [5.41, 5.74) is 10.4. The second kappa shape index (κ2) is 6.48. The lowest BCUT2D eigenvalue weighted by molar-refractivity contribution is 0.319. The van der Waals surface area contributed by atoms with Crippen molar-refractivity contribution in [2.45, 2.75) is 26.8 Å². The Morgan fingerprint density at radius 3 is 2.84 bits per heavy atom. The van der Waals surface area contributed by atoms with Gasteiger partial charge in [0.15, 0.2) is 0 Å². The Morgan fingerprint density at radius 1 is 1.32 bits per heavy atom. The molecule has 4 heteroatoms. The molecular weight excluding hydrogens is 256 g/mol. The van der Waals surface area contributed by atoms with Crippen LogP contribution in [0.15, 0.2) is 29.0 Å². The van der Waals surface area contributed by atoms with Crippen molar-refractivity contribution < 1.29 is 4.74 Å². The molecule has 1 aromatic carbocycles. The highest BCUT2D eigenvalue weighted by Crippen LogP contribution is 2.30. The number of para-hydroxylation sites is 1. The molecule has 0 aliphatic heterocycles. The summed E-state index contributed by atoms with van der Waals surface area (Å²) in [5.74, 6) is 0.758. The van der Waals surface area contributed by atoms with Crippen LogP contribution in [0.3, 0.4) is 0 Å². The number of rotatable bonds is 6. The minimum Gasteiger partial charge on any atom is -0.491 e. The van der Waals surface area contributed by atoms with Crippen molar-refractivity contribution in [1.29, 1.82) is 0 Å². The maximum atomic E-state index is 6.12. The summed E-state index contributed by atoms with van der Waals surface area (Å²) in [6.45, 7) is 5.68. The Morgan fingerprint density at radius 2 is 2.16 bits per heavy atom. The van der Waals surface area contributed by atoms with Gasteiger partial charge in [-0.2, -0.15) is 11.3 Å². The molecule has 19 heavy (non-hydrogen) atoms. The van der Waals surface area contributed by atoms with Crippen molar-refractivity contribution in [2.75, 3.05) is 17.7 Å². The predicted molar refractivity (Wildman–Crippen MR) is 83.0 cm³/mol. The van der Waals surface area contributed by atoms with Crippen LogP contribution in [-0.4, -0.2) is 6.61 Å². The Bertz CT molecular complexity index is 537. The Labute approximate surface area is 118 Å². The van der Waals surface area contributed by atoms with E-state index in [0.29, 0.717) is 12.3 Å². The summed E-state index contributed by atoms with van der Waals surface area (Å²) >= 11 is 1.72. The fraction of sp³-hybridized carbons (Fsp3) is 0.333. The smallest absolute Gasteiger partial charge is 0.144 e. The van der Waals surface area contributed by atoms with E-state index >= 15 is 0 Å². The molecule has 0 fully saturated rings. The third-order valence-electron chi connectivity index (χ3n) is 2.96. The molecule has 0 aliphatic rings. The summed E-state index contributed by atoms with van der Waals surface area (Å²) in [7, 11) is 0. The monoisotopic (exact) mass is 276 g/mol. The van der Waals surface area contributed by atoms with Crippen molar-refractivity contribution in [3.63, 3.8) is 0 Å².